The number of halogens is 3. The maximum atomic E-state index is 11.3. The van der Waals surface area contributed by atoms with Crippen molar-refractivity contribution in [2.75, 3.05) is 0 Å². The lowest BCUT2D eigenvalue weighted by Gasteiger charge is -2.04. The average molecular weight is 192 g/mol. The van der Waals surface area contributed by atoms with Gasteiger partial charge in [-0.25, -0.2) is 0 Å². The highest BCUT2D eigenvalue weighted by Gasteiger charge is 2.27. The molecule has 56 valence electrons. The van der Waals surface area contributed by atoms with Crippen molar-refractivity contribution in [3.8, 4) is 0 Å². The van der Waals surface area contributed by atoms with Gasteiger partial charge in [-0.2, -0.15) is 13.2 Å². The highest BCUT2D eigenvalue weighted by Crippen LogP contribution is 2.11. The minimum Gasteiger partial charge on any atom is -0.449 e. The Balaban J connectivity index is 3.07. The van der Waals surface area contributed by atoms with E-state index in [2.05, 4.69) is 8.23 Å². The second-order valence-corrected chi connectivity index (χ2v) is 6.64. The number of hydrogen-bond acceptors (Lipinski definition) is 2. The molecule has 0 atom stereocenters. The molecule has 0 fully saturated rings. The standard InChI is InChI=1S/CH7F3O2Si3/c2-1(3,4)8-6-9-5-7/h8-9H2,7H3. The van der Waals surface area contributed by atoms with Gasteiger partial charge < -0.3 is 8.23 Å². The van der Waals surface area contributed by atoms with Crippen LogP contribution in [0.1, 0.15) is 0 Å². The summed E-state index contributed by atoms with van der Waals surface area (Å²) in [6, 6.07) is 0. The predicted octanol–water partition coefficient (Wildman–Crippen LogP) is -2.10. The lowest BCUT2D eigenvalue weighted by molar-refractivity contribution is -0.0550. The van der Waals surface area contributed by atoms with Gasteiger partial charge in [0.05, 0.1) is 0 Å². The van der Waals surface area contributed by atoms with Gasteiger partial charge in [0.25, 0.3) is 19.8 Å². The molecule has 0 spiro atoms. The topological polar surface area (TPSA) is 18.5 Å². The third-order valence-corrected chi connectivity index (χ3v) is 3.22. The van der Waals surface area contributed by atoms with E-state index in [-0.39, 0.29) is 0 Å². The largest absolute Gasteiger partial charge is 0.449 e. The third-order valence-electron chi connectivity index (χ3n) is 0.467. The van der Waals surface area contributed by atoms with Crippen LogP contribution in [0.25, 0.3) is 0 Å². The number of hydrogen-bond donors (Lipinski definition) is 0. The van der Waals surface area contributed by atoms with Crippen molar-refractivity contribution < 1.29 is 21.4 Å². The molecule has 0 aromatic rings. The Morgan fingerprint density at radius 1 is 1.33 bits per heavy atom. The zero-order chi connectivity index (χ0) is 7.33. The van der Waals surface area contributed by atoms with Crippen LogP contribution in [0.3, 0.4) is 0 Å². The monoisotopic (exact) mass is 192 g/mol. The second kappa shape index (κ2) is 4.22. The van der Waals surface area contributed by atoms with Crippen molar-refractivity contribution >= 4 is 30.3 Å². The summed E-state index contributed by atoms with van der Waals surface area (Å²) in [5, 5.41) is 0. The third kappa shape index (κ3) is 8.36. The van der Waals surface area contributed by atoms with E-state index >= 15 is 0 Å². The van der Waals surface area contributed by atoms with Gasteiger partial charge in [0.1, 0.15) is 10.5 Å². The maximum Gasteiger partial charge on any atom is 0.381 e. The SMILES string of the molecule is FC(F)(F)[SiH2]O[SiH2]O[SiH3]. The molecule has 8 heteroatoms. The minimum absolute atomic E-state index is 0.482. The molecular weight excluding hydrogens is 185 g/mol. The minimum atomic E-state index is -4.06. The van der Waals surface area contributed by atoms with Crippen LogP contribution < -0.4 is 0 Å². The van der Waals surface area contributed by atoms with Crippen molar-refractivity contribution in [3.63, 3.8) is 0 Å². The van der Waals surface area contributed by atoms with Gasteiger partial charge in [-0.1, -0.05) is 0 Å². The van der Waals surface area contributed by atoms with E-state index in [0.717, 1.165) is 0 Å². The van der Waals surface area contributed by atoms with Crippen molar-refractivity contribution in [1.29, 1.82) is 0 Å². The molecule has 0 saturated heterocycles. The molecule has 0 aliphatic heterocycles. The smallest absolute Gasteiger partial charge is 0.381 e. The Labute approximate surface area is 58.3 Å². The van der Waals surface area contributed by atoms with E-state index in [1.165, 1.54) is 0 Å². The van der Waals surface area contributed by atoms with E-state index in [4.69, 9.17) is 0 Å². The van der Waals surface area contributed by atoms with Crippen molar-refractivity contribution in [2.45, 2.75) is 5.80 Å². The average Bonchev–Trinajstić information content (AvgIpc) is 1.63. The summed E-state index contributed by atoms with van der Waals surface area (Å²) < 4.78 is 42.7. The van der Waals surface area contributed by atoms with Crippen molar-refractivity contribution in [3.05, 3.63) is 0 Å². The van der Waals surface area contributed by atoms with Gasteiger partial charge in [0.15, 0.2) is 0 Å². The molecule has 0 heterocycles. The summed E-state index contributed by atoms with van der Waals surface area (Å²) in [7, 11) is -3.08. The summed E-state index contributed by atoms with van der Waals surface area (Å²) in [5.41, 5.74) is 0. The fourth-order valence-corrected chi connectivity index (χ4v) is 3.67. The Hall–Kier alpha value is 0.361. The molecule has 0 unspecified atom stereocenters. The summed E-state index contributed by atoms with van der Waals surface area (Å²) in [4.78, 5) is 0. The summed E-state index contributed by atoms with van der Waals surface area (Å²) in [6.45, 7) is 0. The van der Waals surface area contributed by atoms with Gasteiger partial charge in [-0.3, -0.25) is 0 Å². The molecule has 0 saturated carbocycles. The Bertz CT molecular complexity index is 73.9. The van der Waals surface area contributed by atoms with Gasteiger partial charge in [-0.15, -0.1) is 0 Å². The predicted molar refractivity (Wildman–Crippen MR) is 35.3 cm³/mol. The highest BCUT2D eigenvalue weighted by atomic mass is 28.3. The molecular formula is CH7F3O2Si3. The molecule has 0 aliphatic carbocycles. The van der Waals surface area contributed by atoms with Gasteiger partial charge in [-0.05, 0) is 0 Å². The molecule has 0 rings (SSSR count). The lowest BCUT2D eigenvalue weighted by atomic mass is 11.5. The van der Waals surface area contributed by atoms with Crippen LogP contribution in [-0.2, 0) is 8.23 Å². The fraction of sp³-hybridized carbons (Fsp3) is 1.00. The van der Waals surface area contributed by atoms with Crippen LogP contribution >= 0.6 is 0 Å². The number of rotatable bonds is 3. The quantitative estimate of drug-likeness (QED) is 0.377. The fourth-order valence-electron chi connectivity index (χ4n) is 0.241. The Kier molecular flexibility index (Phi) is 4.39. The van der Waals surface area contributed by atoms with Crippen LogP contribution in [-0.4, -0.2) is 36.1 Å². The van der Waals surface area contributed by atoms with E-state index in [0.29, 0.717) is 10.5 Å². The van der Waals surface area contributed by atoms with E-state index in [1.54, 1.807) is 0 Å². The number of alkyl halides is 3. The Morgan fingerprint density at radius 3 is 2.22 bits per heavy atom. The molecule has 0 bridgehead atoms. The van der Waals surface area contributed by atoms with E-state index < -0.39 is 25.6 Å². The molecule has 0 aliphatic rings. The zero-order valence-electron chi connectivity index (χ0n) is 4.86. The lowest BCUT2D eigenvalue weighted by Crippen LogP contribution is -2.23. The van der Waals surface area contributed by atoms with Crippen LogP contribution in [0, 0.1) is 0 Å². The molecule has 0 amide bonds. The van der Waals surface area contributed by atoms with Gasteiger partial charge in [0, 0.05) is 0 Å². The van der Waals surface area contributed by atoms with Crippen molar-refractivity contribution in [2.24, 2.45) is 0 Å². The first kappa shape index (κ1) is 9.36. The normalized spacial score (nSPS) is 15.0. The van der Waals surface area contributed by atoms with Crippen LogP contribution in [0.4, 0.5) is 13.2 Å². The van der Waals surface area contributed by atoms with Crippen molar-refractivity contribution in [1.82, 2.24) is 0 Å². The van der Waals surface area contributed by atoms with E-state index in [9.17, 15) is 13.2 Å². The molecule has 0 radical (unpaired) electrons. The molecule has 0 aromatic carbocycles. The van der Waals surface area contributed by atoms with Crippen LogP contribution in [0.5, 0.6) is 0 Å². The first-order valence-electron chi connectivity index (χ1n) is 2.19. The van der Waals surface area contributed by atoms with Gasteiger partial charge in [0.2, 0.25) is 0 Å². The maximum absolute atomic E-state index is 11.3. The summed E-state index contributed by atoms with van der Waals surface area (Å²) in [6.07, 6.45) is 0. The zero-order valence-corrected chi connectivity index (χ0v) is 9.69. The van der Waals surface area contributed by atoms with Crippen LogP contribution in [0.15, 0.2) is 0 Å². The summed E-state index contributed by atoms with van der Waals surface area (Å²) >= 11 is 0. The van der Waals surface area contributed by atoms with Crippen LogP contribution in [0.2, 0.25) is 0 Å². The first-order chi connectivity index (χ1) is 4.06. The first-order valence-corrected chi connectivity index (χ1v) is 5.45. The highest BCUT2D eigenvalue weighted by molar-refractivity contribution is 6.42. The molecule has 0 N–H and O–H groups in total. The van der Waals surface area contributed by atoms with E-state index in [1.807, 2.05) is 0 Å². The second-order valence-electron chi connectivity index (χ2n) is 1.37. The molecule has 0 aromatic heterocycles. The van der Waals surface area contributed by atoms with Gasteiger partial charge >= 0.3 is 5.80 Å². The summed E-state index contributed by atoms with van der Waals surface area (Å²) in [5.74, 6) is -4.06. The Morgan fingerprint density at radius 2 is 1.89 bits per heavy atom. The molecule has 2 nitrogen and oxygen atoms in total. The molecule has 9 heavy (non-hydrogen) atoms.